The van der Waals surface area contributed by atoms with Gasteiger partial charge >= 0.3 is 0 Å². The van der Waals surface area contributed by atoms with Crippen molar-refractivity contribution in [2.75, 3.05) is 13.1 Å². The Hall–Kier alpha value is -0.450. The molecule has 1 fully saturated rings. The topological polar surface area (TPSA) is 28.2 Å². The standard InChI is InChI=1S/C14H25N3S/c1-4-5-12-8-17(9-13-6-15-10-18-13)14(7-16-12)11(2)3/h6,10-12,14,16H,4-5,7-9H2,1-3H3. The summed E-state index contributed by atoms with van der Waals surface area (Å²) in [5.74, 6) is 0.702. The summed E-state index contributed by atoms with van der Waals surface area (Å²) in [7, 11) is 0. The minimum Gasteiger partial charge on any atom is -0.311 e. The van der Waals surface area contributed by atoms with E-state index in [1.54, 1.807) is 11.3 Å². The van der Waals surface area contributed by atoms with Crippen molar-refractivity contribution in [1.82, 2.24) is 15.2 Å². The third-order valence-corrected chi connectivity index (χ3v) is 4.55. The number of rotatable bonds is 5. The van der Waals surface area contributed by atoms with Crippen LogP contribution in [0.5, 0.6) is 0 Å². The first-order chi connectivity index (χ1) is 8.70. The Kier molecular flexibility index (Phi) is 5.15. The molecule has 2 atom stereocenters. The Balaban J connectivity index is 2.00. The van der Waals surface area contributed by atoms with Crippen LogP contribution in [0.3, 0.4) is 0 Å². The molecule has 102 valence electrons. The maximum atomic E-state index is 4.19. The van der Waals surface area contributed by atoms with E-state index in [0.717, 1.165) is 13.1 Å². The van der Waals surface area contributed by atoms with Crippen LogP contribution in [0.15, 0.2) is 11.7 Å². The second kappa shape index (κ2) is 6.64. The zero-order valence-electron chi connectivity index (χ0n) is 11.7. The van der Waals surface area contributed by atoms with Crippen molar-refractivity contribution < 1.29 is 0 Å². The summed E-state index contributed by atoms with van der Waals surface area (Å²) in [6.45, 7) is 10.3. The molecule has 0 aliphatic carbocycles. The van der Waals surface area contributed by atoms with E-state index in [0.29, 0.717) is 18.0 Å². The van der Waals surface area contributed by atoms with Crippen molar-refractivity contribution in [1.29, 1.82) is 0 Å². The van der Waals surface area contributed by atoms with Gasteiger partial charge in [0.15, 0.2) is 0 Å². The summed E-state index contributed by atoms with van der Waals surface area (Å²) in [6.07, 6.45) is 4.56. The van der Waals surface area contributed by atoms with E-state index >= 15 is 0 Å². The molecule has 2 heterocycles. The SMILES string of the molecule is CCCC1CN(Cc2cncs2)C(C(C)C)CN1. The number of hydrogen-bond acceptors (Lipinski definition) is 4. The smallest absolute Gasteiger partial charge is 0.0794 e. The number of thiazole rings is 1. The Labute approximate surface area is 115 Å². The first-order valence-electron chi connectivity index (χ1n) is 7.05. The lowest BCUT2D eigenvalue weighted by Gasteiger charge is -2.42. The summed E-state index contributed by atoms with van der Waals surface area (Å²) in [4.78, 5) is 8.22. The number of nitrogens with zero attached hydrogens (tertiary/aromatic N) is 2. The van der Waals surface area contributed by atoms with E-state index in [2.05, 4.69) is 36.0 Å². The van der Waals surface area contributed by atoms with Crippen molar-refractivity contribution >= 4 is 11.3 Å². The monoisotopic (exact) mass is 267 g/mol. The van der Waals surface area contributed by atoms with Gasteiger partial charge in [0, 0.05) is 42.8 Å². The van der Waals surface area contributed by atoms with Gasteiger partial charge < -0.3 is 5.32 Å². The first-order valence-corrected chi connectivity index (χ1v) is 7.93. The van der Waals surface area contributed by atoms with Gasteiger partial charge in [-0.15, -0.1) is 11.3 Å². The van der Waals surface area contributed by atoms with Crippen LogP contribution in [0.4, 0.5) is 0 Å². The van der Waals surface area contributed by atoms with Crippen molar-refractivity contribution in [3.63, 3.8) is 0 Å². The van der Waals surface area contributed by atoms with Gasteiger partial charge in [-0.2, -0.15) is 0 Å². The van der Waals surface area contributed by atoms with Crippen molar-refractivity contribution in [3.05, 3.63) is 16.6 Å². The molecular formula is C14H25N3S. The van der Waals surface area contributed by atoms with Gasteiger partial charge in [-0.05, 0) is 12.3 Å². The van der Waals surface area contributed by atoms with E-state index in [4.69, 9.17) is 0 Å². The molecule has 0 spiro atoms. The molecule has 2 rings (SSSR count). The molecule has 1 aliphatic heterocycles. The molecule has 1 saturated heterocycles. The predicted molar refractivity (Wildman–Crippen MR) is 77.8 cm³/mol. The zero-order chi connectivity index (χ0) is 13.0. The van der Waals surface area contributed by atoms with E-state index in [1.807, 2.05) is 11.7 Å². The first kappa shape index (κ1) is 14.0. The third kappa shape index (κ3) is 3.53. The van der Waals surface area contributed by atoms with Gasteiger partial charge in [-0.3, -0.25) is 9.88 Å². The van der Waals surface area contributed by atoms with Gasteiger partial charge in [-0.25, -0.2) is 0 Å². The van der Waals surface area contributed by atoms with Gasteiger partial charge in [0.25, 0.3) is 0 Å². The molecule has 1 N–H and O–H groups in total. The van der Waals surface area contributed by atoms with Crippen LogP contribution >= 0.6 is 11.3 Å². The summed E-state index contributed by atoms with van der Waals surface area (Å²) in [5, 5.41) is 3.71. The molecule has 0 radical (unpaired) electrons. The Morgan fingerprint density at radius 2 is 2.39 bits per heavy atom. The van der Waals surface area contributed by atoms with E-state index < -0.39 is 0 Å². The summed E-state index contributed by atoms with van der Waals surface area (Å²) < 4.78 is 0. The second-order valence-electron chi connectivity index (χ2n) is 5.60. The van der Waals surface area contributed by atoms with Crippen molar-refractivity contribution in [2.24, 2.45) is 5.92 Å². The van der Waals surface area contributed by atoms with Crippen molar-refractivity contribution in [2.45, 2.75) is 52.2 Å². The number of hydrogen-bond donors (Lipinski definition) is 1. The maximum Gasteiger partial charge on any atom is 0.0794 e. The Bertz CT molecular complexity index is 337. The summed E-state index contributed by atoms with van der Waals surface area (Å²) in [6, 6.07) is 1.32. The lowest BCUT2D eigenvalue weighted by molar-refractivity contribution is 0.0894. The van der Waals surface area contributed by atoms with Crippen LogP contribution in [0.25, 0.3) is 0 Å². The molecule has 0 aromatic carbocycles. The molecule has 18 heavy (non-hydrogen) atoms. The van der Waals surface area contributed by atoms with Crippen LogP contribution in [0, 0.1) is 5.92 Å². The van der Waals surface area contributed by atoms with Gasteiger partial charge in [0.1, 0.15) is 0 Å². The zero-order valence-corrected chi connectivity index (χ0v) is 12.5. The van der Waals surface area contributed by atoms with Crippen LogP contribution < -0.4 is 5.32 Å². The summed E-state index contributed by atoms with van der Waals surface area (Å²) in [5.41, 5.74) is 1.94. The normalized spacial score (nSPS) is 25.8. The third-order valence-electron chi connectivity index (χ3n) is 3.79. The molecule has 4 heteroatoms. The fourth-order valence-electron chi connectivity index (χ4n) is 2.80. The molecule has 0 bridgehead atoms. The predicted octanol–water partition coefficient (Wildman–Crippen LogP) is 2.74. The number of nitrogens with one attached hydrogen (secondary N) is 1. The second-order valence-corrected chi connectivity index (χ2v) is 6.57. The lowest BCUT2D eigenvalue weighted by Crippen LogP contribution is -2.57. The number of aromatic nitrogens is 1. The Morgan fingerprint density at radius 1 is 1.56 bits per heavy atom. The van der Waals surface area contributed by atoms with E-state index in [9.17, 15) is 0 Å². The highest BCUT2D eigenvalue weighted by atomic mass is 32.1. The van der Waals surface area contributed by atoms with E-state index in [1.165, 1.54) is 24.3 Å². The summed E-state index contributed by atoms with van der Waals surface area (Å²) >= 11 is 1.77. The maximum absolute atomic E-state index is 4.19. The highest BCUT2D eigenvalue weighted by Gasteiger charge is 2.29. The average Bonchev–Trinajstić information content (AvgIpc) is 2.82. The van der Waals surface area contributed by atoms with Gasteiger partial charge in [0.05, 0.1) is 5.51 Å². The molecule has 0 amide bonds. The Morgan fingerprint density at radius 3 is 3.00 bits per heavy atom. The minimum absolute atomic E-state index is 0.653. The molecule has 3 nitrogen and oxygen atoms in total. The van der Waals surface area contributed by atoms with Crippen LogP contribution in [-0.2, 0) is 6.54 Å². The van der Waals surface area contributed by atoms with Gasteiger partial charge in [-0.1, -0.05) is 27.2 Å². The fourth-order valence-corrected chi connectivity index (χ4v) is 3.42. The van der Waals surface area contributed by atoms with Crippen LogP contribution in [-0.4, -0.2) is 35.1 Å². The number of piperazine rings is 1. The molecule has 1 aromatic rings. The molecule has 1 aromatic heterocycles. The molecular weight excluding hydrogens is 242 g/mol. The largest absolute Gasteiger partial charge is 0.311 e. The van der Waals surface area contributed by atoms with Gasteiger partial charge in [0.2, 0.25) is 0 Å². The van der Waals surface area contributed by atoms with Crippen LogP contribution in [0.1, 0.15) is 38.5 Å². The lowest BCUT2D eigenvalue weighted by atomic mass is 9.97. The highest BCUT2D eigenvalue weighted by Crippen LogP contribution is 2.20. The van der Waals surface area contributed by atoms with E-state index in [-0.39, 0.29) is 0 Å². The molecule has 2 unspecified atom stereocenters. The van der Waals surface area contributed by atoms with Crippen LogP contribution in [0.2, 0.25) is 0 Å². The fraction of sp³-hybridized carbons (Fsp3) is 0.786. The average molecular weight is 267 g/mol. The van der Waals surface area contributed by atoms with Crippen molar-refractivity contribution in [3.8, 4) is 0 Å². The highest BCUT2D eigenvalue weighted by molar-refractivity contribution is 7.09. The molecule has 0 saturated carbocycles. The quantitative estimate of drug-likeness (QED) is 0.889. The minimum atomic E-state index is 0.653. The molecule has 1 aliphatic rings.